The number of aromatic nitrogens is 2. The quantitative estimate of drug-likeness (QED) is 0.128. The van der Waals surface area contributed by atoms with Crippen molar-refractivity contribution in [1.82, 2.24) is 4.40 Å². The molecular weight excluding hydrogens is 436 g/mol. The second-order valence-corrected chi connectivity index (χ2v) is 12.6. The molecule has 0 saturated heterocycles. The molecule has 0 aliphatic heterocycles. The SMILES string of the molecule is Cc1ccc2c(c1)c1c(C3CCC(C)(C)CC3)cc3cc[n+](C)c4c5c(C)c(C)cc(C)c5n2c1c34. The van der Waals surface area contributed by atoms with Gasteiger partial charge in [0.05, 0.1) is 27.3 Å². The van der Waals surface area contributed by atoms with Crippen molar-refractivity contribution in [3.8, 4) is 0 Å². The van der Waals surface area contributed by atoms with Gasteiger partial charge in [0.2, 0.25) is 5.52 Å². The van der Waals surface area contributed by atoms with Gasteiger partial charge in [0.1, 0.15) is 7.05 Å². The van der Waals surface area contributed by atoms with E-state index >= 15 is 0 Å². The van der Waals surface area contributed by atoms with Crippen molar-refractivity contribution in [2.24, 2.45) is 12.5 Å². The number of nitrogens with zero attached hydrogens (tertiary/aromatic N) is 2. The molecule has 0 bridgehead atoms. The molecule has 1 aliphatic carbocycles. The van der Waals surface area contributed by atoms with Crippen LogP contribution in [0.25, 0.3) is 49.0 Å². The molecule has 3 aromatic carbocycles. The third-order valence-electron chi connectivity index (χ3n) is 9.56. The summed E-state index contributed by atoms with van der Waals surface area (Å²) in [6.07, 6.45) is 7.47. The lowest BCUT2D eigenvalue weighted by molar-refractivity contribution is -0.643. The standard InChI is InChI=1S/C34H37N2/c1-19-8-9-27-26(16-19)30-25(23-10-13-34(5,6)14-11-23)18-24-12-15-35(7)32-28-22(4)20(2)17-21(3)31(28)36(27)33(30)29(24)32/h8-9,12,15-18,23H,10-11,13-14H2,1-7H3/q+1. The molecule has 0 amide bonds. The van der Waals surface area contributed by atoms with Crippen LogP contribution in [0.2, 0.25) is 0 Å². The largest absolute Gasteiger partial charge is 0.307 e. The summed E-state index contributed by atoms with van der Waals surface area (Å²) in [6.45, 7) is 14.0. The fourth-order valence-corrected chi connectivity index (χ4v) is 7.42. The van der Waals surface area contributed by atoms with E-state index in [1.54, 1.807) is 5.56 Å². The molecule has 0 spiro atoms. The Kier molecular flexibility index (Phi) is 4.43. The Morgan fingerprint density at radius 2 is 1.58 bits per heavy atom. The molecular formula is C34H37N2+. The van der Waals surface area contributed by atoms with Gasteiger partial charge in [0, 0.05) is 16.8 Å². The predicted molar refractivity (Wildman–Crippen MR) is 154 cm³/mol. The maximum atomic E-state index is 2.63. The highest BCUT2D eigenvalue weighted by Gasteiger charge is 2.32. The minimum absolute atomic E-state index is 0.467. The van der Waals surface area contributed by atoms with Crippen LogP contribution >= 0.6 is 0 Å². The highest BCUT2D eigenvalue weighted by molar-refractivity contribution is 6.28. The fourth-order valence-electron chi connectivity index (χ4n) is 7.42. The first-order chi connectivity index (χ1) is 17.2. The van der Waals surface area contributed by atoms with Crippen molar-refractivity contribution < 1.29 is 4.57 Å². The topological polar surface area (TPSA) is 8.29 Å². The first-order valence-corrected chi connectivity index (χ1v) is 13.7. The summed E-state index contributed by atoms with van der Waals surface area (Å²) in [7, 11) is 2.22. The molecule has 1 fully saturated rings. The highest BCUT2D eigenvalue weighted by Crippen LogP contribution is 2.49. The zero-order valence-electron chi connectivity index (χ0n) is 22.8. The van der Waals surface area contributed by atoms with Crippen LogP contribution < -0.4 is 4.57 Å². The maximum Gasteiger partial charge on any atom is 0.224 e. The van der Waals surface area contributed by atoms with Crippen molar-refractivity contribution in [1.29, 1.82) is 0 Å². The number of benzene rings is 3. The molecule has 3 heterocycles. The summed E-state index contributed by atoms with van der Waals surface area (Å²) < 4.78 is 4.99. The number of hydrogen-bond donors (Lipinski definition) is 0. The Labute approximate surface area is 213 Å². The second kappa shape index (κ2) is 7.22. The summed E-state index contributed by atoms with van der Waals surface area (Å²) in [6, 6.07) is 14.4. The van der Waals surface area contributed by atoms with Gasteiger partial charge < -0.3 is 4.40 Å². The fraction of sp³-hybridized carbons (Fsp3) is 0.382. The molecule has 1 saturated carbocycles. The summed E-state index contributed by atoms with van der Waals surface area (Å²) in [4.78, 5) is 0. The Bertz CT molecular complexity index is 1850. The maximum absolute atomic E-state index is 2.63. The number of fused-ring (bicyclic) bond motifs is 6. The molecule has 6 aromatic rings. The van der Waals surface area contributed by atoms with E-state index < -0.39 is 0 Å². The summed E-state index contributed by atoms with van der Waals surface area (Å²) in [5.41, 5.74) is 13.0. The number of pyridine rings is 2. The van der Waals surface area contributed by atoms with E-state index in [0.717, 1.165) is 0 Å². The smallest absolute Gasteiger partial charge is 0.224 e. The van der Waals surface area contributed by atoms with Gasteiger partial charge in [-0.1, -0.05) is 31.5 Å². The van der Waals surface area contributed by atoms with Crippen LogP contribution in [0.3, 0.4) is 0 Å². The molecule has 2 heteroatoms. The van der Waals surface area contributed by atoms with Gasteiger partial charge in [-0.15, -0.1) is 0 Å². The van der Waals surface area contributed by atoms with Crippen molar-refractivity contribution >= 4 is 49.0 Å². The van der Waals surface area contributed by atoms with Gasteiger partial charge in [0.15, 0.2) is 6.20 Å². The van der Waals surface area contributed by atoms with Gasteiger partial charge in [-0.25, -0.2) is 4.57 Å². The molecule has 0 N–H and O–H groups in total. The molecule has 2 nitrogen and oxygen atoms in total. The summed E-state index contributed by atoms with van der Waals surface area (Å²) in [5.74, 6) is 0.627. The zero-order valence-corrected chi connectivity index (χ0v) is 22.8. The Morgan fingerprint density at radius 3 is 2.33 bits per heavy atom. The average molecular weight is 474 g/mol. The first-order valence-electron chi connectivity index (χ1n) is 13.7. The normalized spacial score (nSPS) is 17.0. The van der Waals surface area contributed by atoms with Gasteiger partial charge >= 0.3 is 0 Å². The van der Waals surface area contributed by atoms with Gasteiger partial charge in [-0.05, 0) is 111 Å². The first kappa shape index (κ1) is 22.1. The summed E-state index contributed by atoms with van der Waals surface area (Å²) in [5, 5.41) is 7.14. The lowest BCUT2D eigenvalue weighted by Gasteiger charge is -2.35. The van der Waals surface area contributed by atoms with E-state index in [1.165, 1.54) is 96.9 Å². The second-order valence-electron chi connectivity index (χ2n) is 12.6. The average Bonchev–Trinajstić information content (AvgIpc) is 3.16. The minimum Gasteiger partial charge on any atom is -0.307 e. The zero-order chi connectivity index (χ0) is 25.1. The van der Waals surface area contributed by atoms with Crippen molar-refractivity contribution in [2.45, 2.75) is 73.1 Å². The van der Waals surface area contributed by atoms with Crippen LogP contribution in [-0.2, 0) is 7.05 Å². The van der Waals surface area contributed by atoms with Crippen LogP contribution in [0, 0.1) is 33.1 Å². The van der Waals surface area contributed by atoms with Crippen molar-refractivity contribution in [2.75, 3.05) is 0 Å². The molecule has 0 unspecified atom stereocenters. The van der Waals surface area contributed by atoms with Gasteiger partial charge in [-0.3, -0.25) is 0 Å². The monoisotopic (exact) mass is 473 g/mol. The lowest BCUT2D eigenvalue weighted by Crippen LogP contribution is -2.29. The third-order valence-corrected chi connectivity index (χ3v) is 9.56. The van der Waals surface area contributed by atoms with Gasteiger partial charge in [0.25, 0.3) is 0 Å². The number of aryl methyl sites for hydroxylation is 5. The van der Waals surface area contributed by atoms with Crippen LogP contribution in [-0.4, -0.2) is 4.40 Å². The van der Waals surface area contributed by atoms with E-state index in [1.807, 2.05) is 0 Å². The number of rotatable bonds is 1. The Morgan fingerprint density at radius 1 is 0.833 bits per heavy atom. The molecule has 36 heavy (non-hydrogen) atoms. The predicted octanol–water partition coefficient (Wildman–Crippen LogP) is 8.73. The minimum atomic E-state index is 0.467. The molecule has 7 rings (SSSR count). The van der Waals surface area contributed by atoms with Crippen molar-refractivity contribution in [3.05, 3.63) is 70.4 Å². The Hall–Kier alpha value is -3.13. The van der Waals surface area contributed by atoms with Crippen LogP contribution in [0.5, 0.6) is 0 Å². The molecule has 1 aliphatic rings. The van der Waals surface area contributed by atoms with Crippen LogP contribution in [0.4, 0.5) is 0 Å². The van der Waals surface area contributed by atoms with E-state index in [9.17, 15) is 0 Å². The summed E-state index contributed by atoms with van der Waals surface area (Å²) >= 11 is 0. The molecule has 0 atom stereocenters. The van der Waals surface area contributed by atoms with Gasteiger partial charge in [-0.2, -0.15) is 0 Å². The third kappa shape index (κ3) is 2.82. The van der Waals surface area contributed by atoms with Crippen LogP contribution in [0.15, 0.2) is 42.6 Å². The number of hydrogen-bond acceptors (Lipinski definition) is 0. The van der Waals surface area contributed by atoms with E-state index in [0.29, 0.717) is 11.3 Å². The van der Waals surface area contributed by atoms with Crippen LogP contribution in [0.1, 0.15) is 73.3 Å². The lowest BCUT2D eigenvalue weighted by atomic mass is 9.70. The molecule has 182 valence electrons. The van der Waals surface area contributed by atoms with E-state index in [2.05, 4.69) is 100 Å². The Balaban J connectivity index is 1.78. The van der Waals surface area contributed by atoms with E-state index in [-0.39, 0.29) is 0 Å². The van der Waals surface area contributed by atoms with E-state index in [4.69, 9.17) is 0 Å². The highest BCUT2D eigenvalue weighted by atomic mass is 15.0. The van der Waals surface area contributed by atoms with Crippen molar-refractivity contribution in [3.63, 3.8) is 0 Å². The molecule has 0 radical (unpaired) electrons. The molecule has 3 aromatic heterocycles.